The third-order valence-electron chi connectivity index (χ3n) is 5.23. The zero-order valence-electron chi connectivity index (χ0n) is 18.7. The van der Waals surface area contributed by atoms with Gasteiger partial charge in [0.2, 0.25) is 5.91 Å². The summed E-state index contributed by atoms with van der Waals surface area (Å²) in [5, 5.41) is 5.18. The summed E-state index contributed by atoms with van der Waals surface area (Å²) in [6.45, 7) is 3.98. The number of ether oxygens (including phenoxy) is 2. The third-order valence-corrected chi connectivity index (χ3v) is 7.06. The number of nitrogens with one attached hydrogen (secondary N) is 1. The van der Waals surface area contributed by atoms with E-state index >= 15 is 0 Å². The van der Waals surface area contributed by atoms with Crippen LogP contribution in [0, 0.1) is 13.8 Å². The molecule has 0 aliphatic heterocycles. The van der Waals surface area contributed by atoms with Crippen LogP contribution in [0.25, 0.3) is 15.9 Å². The number of hydrogen-bond acceptors (Lipinski definition) is 7. The van der Waals surface area contributed by atoms with Gasteiger partial charge in [0.05, 0.1) is 31.2 Å². The first-order chi connectivity index (χ1) is 15.9. The maximum atomic E-state index is 13.3. The normalized spacial score (nSPS) is 10.9. The van der Waals surface area contributed by atoms with E-state index in [4.69, 9.17) is 14.5 Å². The molecule has 170 valence electrons. The molecule has 1 amide bonds. The number of hydrogen-bond donors (Lipinski definition) is 1. The van der Waals surface area contributed by atoms with Gasteiger partial charge in [-0.05, 0) is 42.5 Å². The Balaban J connectivity index is 1.65. The highest BCUT2D eigenvalue weighted by Crippen LogP contribution is 2.28. The van der Waals surface area contributed by atoms with Crippen LogP contribution < -0.4 is 20.3 Å². The molecule has 2 aromatic carbocycles. The number of aromatic nitrogens is 2. The van der Waals surface area contributed by atoms with E-state index in [1.807, 2.05) is 43.5 Å². The van der Waals surface area contributed by atoms with Gasteiger partial charge in [0, 0.05) is 23.9 Å². The van der Waals surface area contributed by atoms with Gasteiger partial charge < -0.3 is 14.8 Å². The van der Waals surface area contributed by atoms with Crippen molar-refractivity contribution in [3.05, 3.63) is 69.3 Å². The van der Waals surface area contributed by atoms with Crippen molar-refractivity contribution in [2.45, 2.75) is 19.0 Å². The Morgan fingerprint density at radius 2 is 1.85 bits per heavy atom. The smallest absolute Gasteiger partial charge is 0.276 e. The van der Waals surface area contributed by atoms with Crippen LogP contribution in [0.2, 0.25) is 0 Å². The van der Waals surface area contributed by atoms with Crippen LogP contribution in [-0.4, -0.2) is 35.4 Å². The van der Waals surface area contributed by atoms with E-state index in [1.54, 1.807) is 37.0 Å². The third kappa shape index (κ3) is 4.74. The number of methoxy groups -OCH3 is 2. The van der Waals surface area contributed by atoms with Crippen LogP contribution >= 0.6 is 23.1 Å². The summed E-state index contributed by atoms with van der Waals surface area (Å²) in [5.41, 5.74) is 3.89. The molecule has 0 spiro atoms. The fourth-order valence-electron chi connectivity index (χ4n) is 3.39. The van der Waals surface area contributed by atoms with Gasteiger partial charge in [-0.25, -0.2) is 4.98 Å². The maximum absolute atomic E-state index is 13.3. The second-order valence-corrected chi connectivity index (χ2v) is 9.19. The molecule has 0 atom stereocenters. The van der Waals surface area contributed by atoms with E-state index in [-0.39, 0.29) is 17.2 Å². The van der Waals surface area contributed by atoms with Gasteiger partial charge >= 0.3 is 0 Å². The van der Waals surface area contributed by atoms with Crippen LogP contribution in [0.3, 0.4) is 0 Å². The Morgan fingerprint density at radius 3 is 2.55 bits per heavy atom. The van der Waals surface area contributed by atoms with Crippen molar-refractivity contribution < 1.29 is 14.3 Å². The number of aryl methyl sites for hydroxylation is 1. The highest BCUT2D eigenvalue weighted by atomic mass is 32.2. The van der Waals surface area contributed by atoms with E-state index in [1.165, 1.54) is 23.1 Å². The van der Waals surface area contributed by atoms with Crippen molar-refractivity contribution in [3.8, 4) is 17.2 Å². The first-order valence-corrected chi connectivity index (χ1v) is 12.0. The first kappa shape index (κ1) is 22.9. The fraction of sp³-hybridized carbons (Fsp3) is 0.208. The second-order valence-electron chi connectivity index (χ2n) is 7.33. The molecule has 0 saturated heterocycles. The Hall–Kier alpha value is -3.30. The predicted octanol–water partition coefficient (Wildman–Crippen LogP) is 4.81. The number of carbonyl (C=O) groups excluding carboxylic acids is 1. The van der Waals surface area contributed by atoms with Gasteiger partial charge in [-0.1, -0.05) is 23.9 Å². The molecule has 2 heterocycles. The van der Waals surface area contributed by atoms with Crippen LogP contribution in [0.5, 0.6) is 11.5 Å². The number of fused-ring (bicyclic) bond motifs is 1. The molecule has 0 bridgehead atoms. The average molecular weight is 482 g/mol. The van der Waals surface area contributed by atoms with Crippen LogP contribution in [0.15, 0.2) is 57.8 Å². The Morgan fingerprint density at radius 1 is 1.12 bits per heavy atom. The zero-order valence-corrected chi connectivity index (χ0v) is 20.3. The van der Waals surface area contributed by atoms with Crippen molar-refractivity contribution >= 4 is 44.9 Å². The summed E-state index contributed by atoms with van der Waals surface area (Å²) >= 11 is 2.58. The molecule has 0 aliphatic rings. The summed E-state index contributed by atoms with van der Waals surface area (Å²) < 4.78 is 12.7. The number of rotatable bonds is 7. The predicted molar refractivity (Wildman–Crippen MR) is 134 cm³/mol. The lowest BCUT2D eigenvalue weighted by atomic mass is 10.1. The molecular formula is C24H23N3O4S2. The molecule has 0 fully saturated rings. The van der Waals surface area contributed by atoms with E-state index in [0.717, 1.165) is 16.8 Å². The number of nitrogens with zero attached hydrogens (tertiary/aromatic N) is 2. The van der Waals surface area contributed by atoms with E-state index < -0.39 is 0 Å². The van der Waals surface area contributed by atoms with E-state index in [2.05, 4.69) is 5.32 Å². The number of thiophene rings is 1. The Bertz CT molecular complexity index is 1370. The molecule has 2 aromatic heterocycles. The van der Waals surface area contributed by atoms with Crippen LogP contribution in [0.4, 0.5) is 5.69 Å². The molecule has 0 aliphatic carbocycles. The highest BCUT2D eigenvalue weighted by Gasteiger charge is 2.17. The molecular weight excluding hydrogens is 458 g/mol. The van der Waals surface area contributed by atoms with Crippen molar-refractivity contribution in [2.24, 2.45) is 0 Å². The molecule has 4 rings (SSSR count). The minimum Gasteiger partial charge on any atom is -0.497 e. The lowest BCUT2D eigenvalue weighted by molar-refractivity contribution is -0.113. The van der Waals surface area contributed by atoms with Crippen LogP contribution in [-0.2, 0) is 4.79 Å². The quantitative estimate of drug-likeness (QED) is 0.301. The molecule has 4 aromatic rings. The summed E-state index contributed by atoms with van der Waals surface area (Å²) in [7, 11) is 3.10. The molecule has 0 saturated carbocycles. The van der Waals surface area contributed by atoms with Gasteiger partial charge in [-0.2, -0.15) is 0 Å². The van der Waals surface area contributed by atoms with Crippen molar-refractivity contribution in [1.82, 2.24) is 9.55 Å². The monoisotopic (exact) mass is 481 g/mol. The van der Waals surface area contributed by atoms with E-state index in [0.29, 0.717) is 32.6 Å². The first-order valence-electron chi connectivity index (χ1n) is 10.1. The van der Waals surface area contributed by atoms with Crippen molar-refractivity contribution in [1.29, 1.82) is 0 Å². The molecule has 0 unspecified atom stereocenters. The van der Waals surface area contributed by atoms with Crippen LogP contribution in [0.1, 0.15) is 11.1 Å². The summed E-state index contributed by atoms with van der Waals surface area (Å²) in [4.78, 5) is 30.8. The minimum atomic E-state index is -0.234. The van der Waals surface area contributed by atoms with Gasteiger partial charge in [-0.15, -0.1) is 11.3 Å². The maximum Gasteiger partial charge on any atom is 0.276 e. The number of thioether (sulfide) groups is 1. The number of amides is 1. The van der Waals surface area contributed by atoms with Crippen molar-refractivity contribution in [2.75, 3.05) is 25.3 Å². The summed E-state index contributed by atoms with van der Waals surface area (Å²) in [5.74, 6) is 0.991. The molecule has 0 radical (unpaired) electrons. The number of benzene rings is 2. The fourth-order valence-corrected chi connectivity index (χ4v) is 4.95. The Kier molecular flexibility index (Phi) is 6.71. The van der Waals surface area contributed by atoms with Gasteiger partial charge in [0.25, 0.3) is 5.56 Å². The molecule has 1 N–H and O–H groups in total. The van der Waals surface area contributed by atoms with Gasteiger partial charge in [-0.3, -0.25) is 14.2 Å². The average Bonchev–Trinajstić information content (AvgIpc) is 3.29. The summed E-state index contributed by atoms with van der Waals surface area (Å²) in [6.07, 6.45) is 0. The molecule has 9 heteroatoms. The number of carbonyl (C=O) groups is 1. The lowest BCUT2D eigenvalue weighted by Gasteiger charge is -2.15. The summed E-state index contributed by atoms with van der Waals surface area (Å²) in [6, 6.07) is 12.8. The largest absolute Gasteiger partial charge is 0.497 e. The molecule has 7 nitrogen and oxygen atoms in total. The standard InChI is InChI=1S/C24H23N3O4S2/c1-14-6-5-7-20(15(14)2)27-23(29)22-19(8-9-32-22)26-24(27)33-13-21(28)25-16-10-17(30-3)12-18(11-16)31-4/h5-12H,13H2,1-4H3,(H,25,28). The van der Waals surface area contributed by atoms with E-state index in [9.17, 15) is 9.59 Å². The molecule has 33 heavy (non-hydrogen) atoms. The van der Waals surface area contributed by atoms with Gasteiger partial charge in [0.1, 0.15) is 16.2 Å². The lowest BCUT2D eigenvalue weighted by Crippen LogP contribution is -2.23. The van der Waals surface area contributed by atoms with Gasteiger partial charge in [0.15, 0.2) is 5.16 Å². The second kappa shape index (κ2) is 9.68. The minimum absolute atomic E-state index is 0.0759. The SMILES string of the molecule is COc1cc(NC(=O)CSc2nc3ccsc3c(=O)n2-c2cccc(C)c2C)cc(OC)c1. The Labute approximate surface area is 199 Å². The van der Waals surface area contributed by atoms with Crippen molar-refractivity contribution in [3.63, 3.8) is 0 Å². The zero-order chi connectivity index (χ0) is 23.5. The number of anilines is 1. The highest BCUT2D eigenvalue weighted by molar-refractivity contribution is 7.99. The topological polar surface area (TPSA) is 82.5 Å².